The highest BCUT2D eigenvalue weighted by atomic mass is 32.2. The summed E-state index contributed by atoms with van der Waals surface area (Å²) in [7, 11) is -1.28. The zero-order chi connectivity index (χ0) is 21.5. The third kappa shape index (κ3) is 4.02. The number of sulfone groups is 1. The molecule has 158 valence electrons. The maximum absolute atomic E-state index is 12.6. The van der Waals surface area contributed by atoms with E-state index in [4.69, 9.17) is 4.42 Å². The van der Waals surface area contributed by atoms with Crippen molar-refractivity contribution in [2.45, 2.75) is 32.9 Å². The Hall–Kier alpha value is -2.94. The molecule has 1 aliphatic rings. The van der Waals surface area contributed by atoms with Crippen molar-refractivity contribution in [2.75, 3.05) is 18.6 Å². The number of para-hydroxylation sites is 2. The van der Waals surface area contributed by atoms with Crippen LogP contribution in [0.5, 0.6) is 0 Å². The van der Waals surface area contributed by atoms with Gasteiger partial charge in [-0.2, -0.15) is 5.10 Å². The first-order valence-electron chi connectivity index (χ1n) is 9.77. The number of carbonyl (C=O) groups is 1. The van der Waals surface area contributed by atoms with Crippen molar-refractivity contribution in [2.24, 2.45) is 0 Å². The van der Waals surface area contributed by atoms with Gasteiger partial charge in [-0.25, -0.2) is 13.4 Å². The first kappa shape index (κ1) is 20.3. The molecule has 0 saturated carbocycles. The van der Waals surface area contributed by atoms with Crippen LogP contribution in [0.4, 0.5) is 0 Å². The smallest absolute Gasteiger partial charge is 0.246 e. The molecule has 4 rings (SSSR count). The van der Waals surface area contributed by atoms with Gasteiger partial charge in [-0.05, 0) is 32.4 Å². The Bertz CT molecular complexity index is 1210. The van der Waals surface area contributed by atoms with Crippen molar-refractivity contribution in [3.8, 4) is 0 Å². The number of aromatic nitrogens is 3. The van der Waals surface area contributed by atoms with Crippen molar-refractivity contribution in [3.63, 3.8) is 0 Å². The van der Waals surface area contributed by atoms with Crippen molar-refractivity contribution in [3.05, 3.63) is 53.2 Å². The second-order valence-corrected chi connectivity index (χ2v) is 9.93. The Morgan fingerprint density at radius 1 is 1.33 bits per heavy atom. The van der Waals surface area contributed by atoms with Gasteiger partial charge in [-0.1, -0.05) is 12.1 Å². The van der Waals surface area contributed by atoms with Gasteiger partial charge in [0.05, 0.1) is 23.2 Å². The summed E-state index contributed by atoms with van der Waals surface area (Å²) in [5, 5.41) is 4.56. The summed E-state index contributed by atoms with van der Waals surface area (Å²) in [6, 6.07) is 7.28. The van der Waals surface area contributed by atoms with E-state index in [9.17, 15) is 13.2 Å². The number of rotatable bonds is 5. The fourth-order valence-corrected chi connectivity index (χ4v) is 5.49. The number of benzene rings is 1. The van der Waals surface area contributed by atoms with Gasteiger partial charge in [0.1, 0.15) is 5.52 Å². The van der Waals surface area contributed by atoms with E-state index in [0.29, 0.717) is 24.4 Å². The first-order chi connectivity index (χ1) is 14.2. The molecule has 1 amide bonds. The van der Waals surface area contributed by atoms with Gasteiger partial charge in [0.25, 0.3) is 0 Å². The molecule has 1 saturated heterocycles. The van der Waals surface area contributed by atoms with Crippen LogP contribution < -0.4 is 0 Å². The Balaban J connectivity index is 1.46. The van der Waals surface area contributed by atoms with Crippen LogP contribution in [-0.4, -0.2) is 52.5 Å². The molecular weight excluding hydrogens is 404 g/mol. The molecule has 30 heavy (non-hydrogen) atoms. The van der Waals surface area contributed by atoms with Crippen molar-refractivity contribution in [1.82, 2.24) is 19.7 Å². The number of oxazole rings is 1. The lowest BCUT2D eigenvalue weighted by molar-refractivity contribution is -0.125. The minimum atomic E-state index is -2.99. The van der Waals surface area contributed by atoms with Crippen LogP contribution in [0, 0.1) is 13.8 Å². The van der Waals surface area contributed by atoms with Crippen LogP contribution in [0.2, 0.25) is 0 Å². The normalized spacial score (nSPS) is 18.4. The van der Waals surface area contributed by atoms with Gasteiger partial charge in [-0.15, -0.1) is 0 Å². The highest BCUT2D eigenvalue weighted by molar-refractivity contribution is 7.91. The highest BCUT2D eigenvalue weighted by Gasteiger charge is 2.31. The number of aryl methyl sites for hydroxylation is 1. The van der Waals surface area contributed by atoms with E-state index < -0.39 is 9.84 Å². The molecule has 1 aromatic carbocycles. The van der Waals surface area contributed by atoms with E-state index in [-0.39, 0.29) is 23.5 Å². The van der Waals surface area contributed by atoms with E-state index in [1.165, 1.54) is 6.08 Å². The summed E-state index contributed by atoms with van der Waals surface area (Å²) in [5.74, 6) is 0.508. The first-order valence-corrected chi connectivity index (χ1v) is 11.6. The molecule has 1 atom stereocenters. The zero-order valence-electron chi connectivity index (χ0n) is 17.2. The average molecular weight is 429 g/mol. The van der Waals surface area contributed by atoms with Crippen LogP contribution in [0.15, 0.2) is 34.8 Å². The summed E-state index contributed by atoms with van der Waals surface area (Å²) < 4.78 is 31.0. The molecule has 0 spiro atoms. The topological polar surface area (TPSA) is 98.3 Å². The molecule has 0 N–H and O–H groups in total. The molecule has 3 heterocycles. The number of hydrogen-bond acceptors (Lipinski definition) is 6. The van der Waals surface area contributed by atoms with Gasteiger partial charge in [0, 0.05) is 37.0 Å². The van der Waals surface area contributed by atoms with Gasteiger partial charge < -0.3 is 9.32 Å². The molecular formula is C21H24N4O4S. The lowest BCUT2D eigenvalue weighted by Gasteiger charge is -2.16. The third-order valence-corrected chi connectivity index (χ3v) is 7.23. The Morgan fingerprint density at radius 3 is 2.80 bits per heavy atom. The third-order valence-electron chi connectivity index (χ3n) is 5.48. The lowest BCUT2D eigenvalue weighted by Crippen LogP contribution is -2.24. The van der Waals surface area contributed by atoms with E-state index in [0.717, 1.165) is 22.5 Å². The minimum absolute atomic E-state index is 0.121. The van der Waals surface area contributed by atoms with Crippen molar-refractivity contribution < 1.29 is 17.6 Å². The predicted octanol–water partition coefficient (Wildman–Crippen LogP) is 2.67. The molecule has 0 aliphatic carbocycles. The molecule has 3 aromatic rings. The van der Waals surface area contributed by atoms with Crippen LogP contribution in [0.1, 0.15) is 35.3 Å². The maximum atomic E-state index is 12.6. The quantitative estimate of drug-likeness (QED) is 0.580. The van der Waals surface area contributed by atoms with E-state index in [2.05, 4.69) is 10.1 Å². The fourth-order valence-electron chi connectivity index (χ4n) is 3.80. The Kier molecular flexibility index (Phi) is 5.23. The van der Waals surface area contributed by atoms with Gasteiger partial charge in [0.2, 0.25) is 11.8 Å². The van der Waals surface area contributed by atoms with E-state index in [1.54, 1.807) is 18.0 Å². The van der Waals surface area contributed by atoms with E-state index >= 15 is 0 Å². The molecule has 1 fully saturated rings. The largest absolute Gasteiger partial charge is 0.437 e. The Morgan fingerprint density at radius 2 is 2.10 bits per heavy atom. The molecule has 1 unspecified atom stereocenters. The number of carbonyl (C=O) groups excluding carboxylic acids is 1. The average Bonchev–Trinajstić information content (AvgIpc) is 3.36. The lowest BCUT2D eigenvalue weighted by atomic mass is 10.1. The van der Waals surface area contributed by atoms with Crippen LogP contribution in [0.25, 0.3) is 17.2 Å². The second kappa shape index (κ2) is 7.71. The number of likely N-dealkylation sites (N-methyl/N-ethyl adjacent to an activating group) is 1. The van der Waals surface area contributed by atoms with Crippen molar-refractivity contribution >= 4 is 32.9 Å². The second-order valence-electron chi connectivity index (χ2n) is 7.70. The fraction of sp³-hybridized carbons (Fsp3) is 0.381. The Labute approximate surface area is 175 Å². The minimum Gasteiger partial charge on any atom is -0.437 e. The standard InChI is InChI=1S/C21H24N4O4S/c1-14-17(15(2)25(23-14)16-10-11-30(27,28)13-16)12-24(3)21(26)9-8-20-22-18-6-4-5-7-19(18)29-20/h4-9,16H,10-13H2,1-3H3. The maximum Gasteiger partial charge on any atom is 0.246 e. The molecule has 8 nitrogen and oxygen atoms in total. The van der Waals surface area contributed by atoms with Gasteiger partial charge >= 0.3 is 0 Å². The van der Waals surface area contributed by atoms with Crippen molar-refractivity contribution in [1.29, 1.82) is 0 Å². The summed E-state index contributed by atoms with van der Waals surface area (Å²) in [6.45, 7) is 4.19. The molecule has 9 heteroatoms. The van der Waals surface area contributed by atoms with Crippen LogP contribution in [-0.2, 0) is 21.2 Å². The molecule has 0 bridgehead atoms. The number of hydrogen-bond donors (Lipinski definition) is 0. The molecule has 2 aromatic heterocycles. The summed E-state index contributed by atoms with van der Waals surface area (Å²) in [6.07, 6.45) is 3.57. The van der Waals surface area contributed by atoms with Gasteiger partial charge in [0.15, 0.2) is 15.4 Å². The predicted molar refractivity (Wildman–Crippen MR) is 114 cm³/mol. The van der Waals surface area contributed by atoms with E-state index in [1.807, 2.05) is 42.8 Å². The number of amides is 1. The summed E-state index contributed by atoms with van der Waals surface area (Å²) in [5.41, 5.74) is 4.05. The summed E-state index contributed by atoms with van der Waals surface area (Å²) in [4.78, 5) is 18.5. The highest BCUT2D eigenvalue weighted by Crippen LogP contribution is 2.27. The van der Waals surface area contributed by atoms with Crippen LogP contribution in [0.3, 0.4) is 0 Å². The molecule has 0 radical (unpaired) electrons. The van der Waals surface area contributed by atoms with Crippen LogP contribution >= 0.6 is 0 Å². The SMILES string of the molecule is Cc1nn(C2CCS(=O)(=O)C2)c(C)c1CN(C)C(=O)C=Cc1nc2ccccc2o1. The monoisotopic (exact) mass is 428 g/mol. The zero-order valence-corrected chi connectivity index (χ0v) is 18.0. The summed E-state index contributed by atoms with van der Waals surface area (Å²) >= 11 is 0. The van der Waals surface area contributed by atoms with Gasteiger partial charge in [-0.3, -0.25) is 9.48 Å². The molecule has 1 aliphatic heterocycles. The number of fused-ring (bicyclic) bond motifs is 1. The number of nitrogens with zero attached hydrogens (tertiary/aromatic N) is 4.